The number of carboxylic acid groups (broad SMARTS) is 4. The maximum absolute atomic E-state index is 12.7. The summed E-state index contributed by atoms with van der Waals surface area (Å²) in [7, 11) is 0. The van der Waals surface area contributed by atoms with Crippen molar-refractivity contribution in [3.63, 3.8) is 0 Å². The molecule has 1 aromatic heterocycles. The number of aromatic nitrogens is 3. The molecular formula is C25H31FN6O10. The molecule has 0 bridgehead atoms. The van der Waals surface area contributed by atoms with Crippen LogP contribution in [-0.2, 0) is 20.8 Å². The van der Waals surface area contributed by atoms with Crippen LogP contribution in [0.25, 0.3) is 5.69 Å². The van der Waals surface area contributed by atoms with Crippen molar-refractivity contribution in [2.45, 2.75) is 57.0 Å². The van der Waals surface area contributed by atoms with Gasteiger partial charge in [-0.15, -0.1) is 5.10 Å². The lowest BCUT2D eigenvalue weighted by Gasteiger charge is -2.18. The molecule has 2 aromatic rings. The van der Waals surface area contributed by atoms with E-state index in [1.165, 1.54) is 29.1 Å². The predicted octanol–water partition coefficient (Wildman–Crippen LogP) is 0.838. The van der Waals surface area contributed by atoms with E-state index in [2.05, 4.69) is 20.9 Å². The summed E-state index contributed by atoms with van der Waals surface area (Å²) < 4.78 is 13.7. The molecule has 1 aromatic carbocycles. The second-order valence-electron chi connectivity index (χ2n) is 9.10. The van der Waals surface area contributed by atoms with Crippen molar-refractivity contribution >= 4 is 35.8 Å². The highest BCUT2D eigenvalue weighted by molar-refractivity contribution is 5.98. The van der Waals surface area contributed by atoms with Gasteiger partial charge in [0.05, 0.1) is 29.8 Å². The van der Waals surface area contributed by atoms with Crippen LogP contribution in [0.1, 0.15) is 64.9 Å². The van der Waals surface area contributed by atoms with Crippen molar-refractivity contribution in [3.05, 3.63) is 41.2 Å². The molecule has 42 heavy (non-hydrogen) atoms. The third-order valence-electron chi connectivity index (χ3n) is 5.86. The maximum atomic E-state index is 12.7. The maximum Gasteiger partial charge on any atom is 0.335 e. The number of halogens is 1. The highest BCUT2D eigenvalue weighted by atomic mass is 19.1. The van der Waals surface area contributed by atoms with Crippen molar-refractivity contribution in [2.75, 3.05) is 13.2 Å². The Morgan fingerprint density at radius 2 is 1.50 bits per heavy atom. The molecule has 0 saturated carbocycles. The number of carbonyl (C=O) groups is 6. The van der Waals surface area contributed by atoms with Gasteiger partial charge in [-0.25, -0.2) is 23.9 Å². The van der Waals surface area contributed by atoms with Crippen molar-refractivity contribution < 1.29 is 53.6 Å². The minimum absolute atomic E-state index is 0.0170. The monoisotopic (exact) mass is 594 g/mol. The van der Waals surface area contributed by atoms with Gasteiger partial charge in [0.15, 0.2) is 0 Å². The molecule has 0 aliphatic heterocycles. The van der Waals surface area contributed by atoms with Gasteiger partial charge in [-0.1, -0.05) is 5.21 Å². The van der Waals surface area contributed by atoms with E-state index in [0.717, 1.165) is 0 Å². The first-order chi connectivity index (χ1) is 19.9. The summed E-state index contributed by atoms with van der Waals surface area (Å²) >= 11 is 0. The van der Waals surface area contributed by atoms with Crippen LogP contribution in [0.3, 0.4) is 0 Å². The van der Waals surface area contributed by atoms with Gasteiger partial charge in [0.2, 0.25) is 0 Å². The molecule has 7 N–H and O–H groups in total. The van der Waals surface area contributed by atoms with E-state index in [1.54, 1.807) is 0 Å². The summed E-state index contributed by atoms with van der Waals surface area (Å²) in [6.07, 6.45) is 1.61. The third kappa shape index (κ3) is 10.8. The van der Waals surface area contributed by atoms with E-state index in [4.69, 9.17) is 10.2 Å². The second kappa shape index (κ2) is 16.2. The number of aryl methyl sites for hydroxylation is 1. The van der Waals surface area contributed by atoms with Crippen molar-refractivity contribution in [3.8, 4) is 5.69 Å². The summed E-state index contributed by atoms with van der Waals surface area (Å²) in [6.45, 7) is -0.450. The number of unbranched alkanes of at least 4 members (excludes halogenated alkanes) is 1. The summed E-state index contributed by atoms with van der Waals surface area (Å²) in [5.41, 5.74) is 0.579. The largest absolute Gasteiger partial charge is 0.481 e. The average molecular weight is 595 g/mol. The molecule has 0 spiro atoms. The molecule has 0 radical (unpaired) electrons. The minimum Gasteiger partial charge on any atom is -0.481 e. The highest BCUT2D eigenvalue weighted by Crippen LogP contribution is 2.15. The van der Waals surface area contributed by atoms with Gasteiger partial charge in [-0.05, 0) is 56.7 Å². The fourth-order valence-electron chi connectivity index (χ4n) is 3.70. The number of hydrogen-bond acceptors (Lipinski definition) is 8. The van der Waals surface area contributed by atoms with E-state index in [-0.39, 0.29) is 49.0 Å². The summed E-state index contributed by atoms with van der Waals surface area (Å²) in [4.78, 5) is 69.8. The minimum atomic E-state index is -1.53. The fourth-order valence-corrected chi connectivity index (χ4v) is 3.70. The van der Waals surface area contributed by atoms with Gasteiger partial charge >= 0.3 is 29.9 Å². The summed E-state index contributed by atoms with van der Waals surface area (Å²) in [6, 6.07) is -0.136. The number of nitrogens with zero attached hydrogens (tertiary/aromatic N) is 3. The normalized spacial score (nSPS) is 12.1. The third-order valence-corrected chi connectivity index (χ3v) is 5.86. The predicted molar refractivity (Wildman–Crippen MR) is 140 cm³/mol. The number of hydrogen-bond donors (Lipinski definition) is 7. The molecule has 2 atom stereocenters. The van der Waals surface area contributed by atoms with Gasteiger partial charge < -0.3 is 36.4 Å². The topological polar surface area (TPSA) is 250 Å². The Bertz CT molecular complexity index is 1300. The zero-order chi connectivity index (χ0) is 31.2. The summed E-state index contributed by atoms with van der Waals surface area (Å²) in [5, 5.41) is 51.2. The number of rotatable bonds is 18. The Kier molecular flexibility index (Phi) is 12.8. The molecule has 0 aliphatic rings. The Labute approximate surface area is 237 Å². The van der Waals surface area contributed by atoms with Crippen molar-refractivity contribution in [1.29, 1.82) is 0 Å². The van der Waals surface area contributed by atoms with Gasteiger partial charge in [-0.2, -0.15) is 0 Å². The van der Waals surface area contributed by atoms with E-state index in [1.807, 2.05) is 5.32 Å². The zero-order valence-electron chi connectivity index (χ0n) is 22.3. The first kappa shape index (κ1) is 33.1. The molecule has 2 rings (SSSR count). The molecule has 0 saturated heterocycles. The number of nitrogens with one attached hydrogen (secondary N) is 3. The number of amides is 3. The first-order valence-electron chi connectivity index (χ1n) is 12.8. The van der Waals surface area contributed by atoms with Crippen LogP contribution in [0.5, 0.6) is 0 Å². The number of carboxylic acids is 4. The number of alkyl halides is 1. The Morgan fingerprint density at radius 3 is 2.10 bits per heavy atom. The zero-order valence-corrected chi connectivity index (χ0v) is 22.3. The van der Waals surface area contributed by atoms with Crippen LogP contribution in [0.4, 0.5) is 9.18 Å². The van der Waals surface area contributed by atoms with Crippen LogP contribution in [0.2, 0.25) is 0 Å². The van der Waals surface area contributed by atoms with Gasteiger partial charge in [0, 0.05) is 18.5 Å². The van der Waals surface area contributed by atoms with Crippen LogP contribution < -0.4 is 16.0 Å². The number of aliphatic carboxylic acids is 3. The second-order valence-corrected chi connectivity index (χ2v) is 9.10. The SMILES string of the molecule is O=C(O)CCC(NC(=O)N[C@@H](CCCCNC(=O)c1cc(C(=O)O)cc(-n2cc(CCCF)nn2)c1)C(=O)O)C(=O)O. The van der Waals surface area contributed by atoms with E-state index < -0.39 is 67.4 Å². The summed E-state index contributed by atoms with van der Waals surface area (Å²) in [5.74, 6) is -6.01. The average Bonchev–Trinajstić information content (AvgIpc) is 3.41. The van der Waals surface area contributed by atoms with Crippen LogP contribution in [0, 0.1) is 0 Å². The number of benzene rings is 1. The highest BCUT2D eigenvalue weighted by Gasteiger charge is 2.25. The lowest BCUT2D eigenvalue weighted by Crippen LogP contribution is -2.51. The quantitative estimate of drug-likeness (QED) is 0.119. The lowest BCUT2D eigenvalue weighted by molar-refractivity contribution is -0.140. The van der Waals surface area contributed by atoms with Gasteiger partial charge in [0.25, 0.3) is 5.91 Å². The Morgan fingerprint density at radius 1 is 0.857 bits per heavy atom. The smallest absolute Gasteiger partial charge is 0.335 e. The standard InChI is InChI=1S/C25H31FN6O10/c26-8-3-4-16-13-32(31-30-16)17-11-14(10-15(12-17)22(36)37)21(35)27-9-2-1-5-18(23(38)39)28-25(42)29-19(24(40)41)6-7-20(33)34/h10-13,18-19H,1-9H2,(H,27,35)(H,33,34)(H,36,37)(H,38,39)(H,40,41)(H2,28,29,42)/t18-,19?/m0/s1. The van der Waals surface area contributed by atoms with E-state index in [0.29, 0.717) is 12.1 Å². The Hall–Kier alpha value is -5.09. The first-order valence-corrected chi connectivity index (χ1v) is 12.8. The molecular weight excluding hydrogens is 563 g/mol. The molecule has 16 nitrogen and oxygen atoms in total. The van der Waals surface area contributed by atoms with Crippen LogP contribution in [0.15, 0.2) is 24.4 Å². The fraction of sp³-hybridized carbons (Fsp3) is 0.440. The van der Waals surface area contributed by atoms with Crippen LogP contribution in [-0.4, -0.2) is 96.5 Å². The molecule has 1 heterocycles. The van der Waals surface area contributed by atoms with Crippen molar-refractivity contribution in [1.82, 2.24) is 30.9 Å². The van der Waals surface area contributed by atoms with Gasteiger partial charge in [0.1, 0.15) is 12.1 Å². The molecule has 17 heteroatoms. The van der Waals surface area contributed by atoms with E-state index >= 15 is 0 Å². The molecule has 0 aliphatic carbocycles. The molecule has 228 valence electrons. The number of urea groups is 1. The van der Waals surface area contributed by atoms with Crippen LogP contribution >= 0.6 is 0 Å². The van der Waals surface area contributed by atoms with Gasteiger partial charge in [-0.3, -0.25) is 14.0 Å². The number of aromatic carboxylic acids is 1. The van der Waals surface area contributed by atoms with E-state index in [9.17, 15) is 43.4 Å². The van der Waals surface area contributed by atoms with Crippen molar-refractivity contribution in [2.24, 2.45) is 0 Å². The molecule has 1 unspecified atom stereocenters. The number of carbonyl (C=O) groups excluding carboxylic acids is 2. The molecule has 0 fully saturated rings. The molecule has 3 amide bonds. The lowest BCUT2D eigenvalue weighted by atomic mass is 10.1. The Balaban J connectivity index is 1.92.